The summed E-state index contributed by atoms with van der Waals surface area (Å²) in [7, 11) is 0. The van der Waals surface area contributed by atoms with Crippen LogP contribution in [0.15, 0.2) is 41.8 Å². The summed E-state index contributed by atoms with van der Waals surface area (Å²) in [6.45, 7) is 4.87. The first-order chi connectivity index (χ1) is 18.8. The van der Waals surface area contributed by atoms with Crippen molar-refractivity contribution in [2.24, 2.45) is 5.92 Å². The Hall–Kier alpha value is -3.66. The van der Waals surface area contributed by atoms with Crippen LogP contribution < -0.4 is 15.5 Å². The third kappa shape index (κ3) is 7.06. The Morgan fingerprint density at radius 3 is 2.56 bits per heavy atom. The minimum absolute atomic E-state index is 0.0342. The number of carbonyl (C=O) groups excluding carboxylic acids is 3. The molecule has 1 fully saturated rings. The number of aryl methyl sites for hydroxylation is 1. The van der Waals surface area contributed by atoms with Crippen molar-refractivity contribution in [3.05, 3.63) is 53.0 Å². The lowest BCUT2D eigenvalue weighted by molar-refractivity contribution is -0.137. The zero-order valence-corrected chi connectivity index (χ0v) is 23.3. The van der Waals surface area contributed by atoms with Crippen LogP contribution in [0.1, 0.15) is 61.5 Å². The van der Waals surface area contributed by atoms with E-state index in [1.54, 1.807) is 9.47 Å². The van der Waals surface area contributed by atoms with E-state index < -0.39 is 5.97 Å². The summed E-state index contributed by atoms with van der Waals surface area (Å²) >= 11 is 1.54. The molecule has 0 radical (unpaired) electrons. The van der Waals surface area contributed by atoms with Gasteiger partial charge in [0.2, 0.25) is 11.8 Å². The topological polar surface area (TPSA) is 121 Å². The molecular weight excluding hydrogens is 516 g/mol. The highest BCUT2D eigenvalue weighted by atomic mass is 32.1. The van der Waals surface area contributed by atoms with Gasteiger partial charge in [0.05, 0.1) is 10.2 Å². The lowest BCUT2D eigenvalue weighted by Crippen LogP contribution is -2.42. The smallest absolute Gasteiger partial charge is 0.303 e. The van der Waals surface area contributed by atoms with E-state index in [2.05, 4.69) is 10.6 Å². The number of carboxylic acids is 1. The van der Waals surface area contributed by atoms with E-state index in [1.807, 2.05) is 55.6 Å². The summed E-state index contributed by atoms with van der Waals surface area (Å²) < 4.78 is 2.76. The minimum Gasteiger partial charge on any atom is -0.481 e. The summed E-state index contributed by atoms with van der Waals surface area (Å²) in [4.78, 5) is 51.6. The van der Waals surface area contributed by atoms with Gasteiger partial charge in [-0.15, -0.1) is 11.3 Å². The van der Waals surface area contributed by atoms with E-state index in [-0.39, 0.29) is 42.6 Å². The third-order valence-corrected chi connectivity index (χ3v) is 8.13. The van der Waals surface area contributed by atoms with Crippen molar-refractivity contribution in [3.8, 4) is 0 Å². The third-order valence-electron chi connectivity index (χ3n) is 7.28. The summed E-state index contributed by atoms with van der Waals surface area (Å²) in [6.07, 6.45) is 3.13. The van der Waals surface area contributed by atoms with Crippen molar-refractivity contribution < 1.29 is 24.3 Å². The van der Waals surface area contributed by atoms with E-state index in [0.717, 1.165) is 21.5 Å². The molecule has 0 aliphatic heterocycles. The molecule has 0 atom stereocenters. The maximum absolute atomic E-state index is 13.4. The molecule has 3 aromatic rings. The summed E-state index contributed by atoms with van der Waals surface area (Å²) in [5.74, 6) is -1.35. The van der Waals surface area contributed by atoms with Crippen molar-refractivity contribution in [1.82, 2.24) is 15.2 Å². The van der Waals surface area contributed by atoms with Crippen LogP contribution in [0.5, 0.6) is 0 Å². The van der Waals surface area contributed by atoms with Gasteiger partial charge < -0.3 is 25.2 Å². The zero-order valence-electron chi connectivity index (χ0n) is 22.4. The molecule has 4 rings (SSSR count). The first-order valence-electron chi connectivity index (χ1n) is 13.5. The molecule has 0 spiro atoms. The molecule has 10 heteroatoms. The van der Waals surface area contributed by atoms with Crippen LogP contribution in [0.4, 0.5) is 5.69 Å². The molecule has 1 aromatic carbocycles. The molecule has 0 saturated heterocycles. The lowest BCUT2D eigenvalue weighted by Gasteiger charge is -2.28. The minimum atomic E-state index is -0.871. The second-order valence-corrected chi connectivity index (χ2v) is 11.0. The molecular formula is C29H36N4O5S. The van der Waals surface area contributed by atoms with Crippen molar-refractivity contribution in [2.45, 2.75) is 65.0 Å². The molecule has 9 nitrogen and oxygen atoms in total. The molecule has 3 amide bonds. The number of nitrogens with one attached hydrogen (secondary N) is 2. The number of aromatic nitrogens is 1. The van der Waals surface area contributed by atoms with Gasteiger partial charge in [-0.3, -0.25) is 19.2 Å². The van der Waals surface area contributed by atoms with Gasteiger partial charge in [0.15, 0.2) is 0 Å². The first-order valence-corrected chi connectivity index (χ1v) is 14.4. The number of amides is 3. The number of carbonyl (C=O) groups is 4. The van der Waals surface area contributed by atoms with Gasteiger partial charge in [-0.1, -0.05) is 12.1 Å². The second-order valence-electron chi connectivity index (χ2n) is 10.1. The van der Waals surface area contributed by atoms with Gasteiger partial charge in [0.1, 0.15) is 12.2 Å². The highest BCUT2D eigenvalue weighted by Gasteiger charge is 2.28. The maximum atomic E-state index is 13.4. The molecule has 0 unspecified atom stereocenters. The SMILES string of the molecule is CCN(C(=O)Cn1c(C(=O)N[C@H]2CC[C@H](C(=O)NCCCC(=O)O)CC2)cc2sccc21)c1cccc(C)c1. The Morgan fingerprint density at radius 1 is 1.10 bits per heavy atom. The first kappa shape index (κ1) is 28.4. The number of nitrogens with zero attached hydrogens (tertiary/aromatic N) is 2. The van der Waals surface area contributed by atoms with Crippen LogP contribution in [0.25, 0.3) is 10.2 Å². The van der Waals surface area contributed by atoms with Gasteiger partial charge in [0, 0.05) is 37.2 Å². The summed E-state index contributed by atoms with van der Waals surface area (Å²) in [6, 6.07) is 11.6. The number of fused-ring (bicyclic) bond motifs is 1. The van der Waals surface area contributed by atoms with E-state index in [0.29, 0.717) is 50.9 Å². The number of rotatable bonds is 11. The van der Waals surface area contributed by atoms with Crippen LogP contribution >= 0.6 is 11.3 Å². The van der Waals surface area contributed by atoms with E-state index in [1.165, 1.54) is 11.3 Å². The fourth-order valence-corrected chi connectivity index (χ4v) is 6.03. The van der Waals surface area contributed by atoms with Crippen LogP contribution in [0.3, 0.4) is 0 Å². The number of hydrogen-bond acceptors (Lipinski definition) is 5. The molecule has 2 heterocycles. The average molecular weight is 553 g/mol. The van der Waals surface area contributed by atoms with Crippen molar-refractivity contribution in [3.63, 3.8) is 0 Å². The predicted octanol–water partition coefficient (Wildman–Crippen LogP) is 4.33. The van der Waals surface area contributed by atoms with Crippen LogP contribution in [-0.4, -0.2) is 52.5 Å². The number of carboxylic acid groups (broad SMARTS) is 1. The number of thiophene rings is 1. The predicted molar refractivity (Wildman–Crippen MR) is 152 cm³/mol. The number of hydrogen-bond donors (Lipinski definition) is 3. The van der Waals surface area contributed by atoms with Crippen molar-refractivity contribution in [1.29, 1.82) is 0 Å². The quantitative estimate of drug-likeness (QED) is 0.306. The molecule has 208 valence electrons. The lowest BCUT2D eigenvalue weighted by atomic mass is 9.85. The fraction of sp³-hybridized carbons (Fsp3) is 0.448. The molecule has 39 heavy (non-hydrogen) atoms. The Bertz CT molecular complexity index is 1340. The van der Waals surface area contributed by atoms with Crippen LogP contribution in [-0.2, 0) is 20.9 Å². The molecule has 2 aromatic heterocycles. The van der Waals surface area contributed by atoms with Crippen LogP contribution in [0.2, 0.25) is 0 Å². The Kier molecular flexibility index (Phi) is 9.40. The maximum Gasteiger partial charge on any atom is 0.303 e. The van der Waals surface area contributed by atoms with Gasteiger partial charge in [-0.25, -0.2) is 0 Å². The van der Waals surface area contributed by atoms with E-state index in [9.17, 15) is 19.2 Å². The Morgan fingerprint density at radius 2 is 1.87 bits per heavy atom. The standard InChI is InChI=1S/C29H36N4O5S/c1-3-32(22-7-4-6-19(2)16-22)26(34)18-33-23-13-15-39-25(23)17-24(33)29(38)31-21-11-9-20(10-12-21)28(37)30-14-5-8-27(35)36/h4,6-7,13,15-17,20-21H,3,5,8-12,14,18H2,1-2H3,(H,30,37)(H,31,38)(H,35,36)/t20-,21-. The van der Waals surface area contributed by atoms with Gasteiger partial charge in [-0.05, 0) is 81.2 Å². The average Bonchev–Trinajstić information content (AvgIpc) is 3.50. The molecule has 0 bridgehead atoms. The number of anilines is 1. The molecule has 1 aliphatic carbocycles. The molecule has 3 N–H and O–H groups in total. The van der Waals surface area contributed by atoms with Crippen LogP contribution in [0, 0.1) is 12.8 Å². The largest absolute Gasteiger partial charge is 0.481 e. The summed E-state index contributed by atoms with van der Waals surface area (Å²) in [5.41, 5.74) is 3.24. The molecule has 1 aliphatic rings. The second kappa shape index (κ2) is 12.9. The van der Waals surface area contributed by atoms with Gasteiger partial charge >= 0.3 is 5.97 Å². The van der Waals surface area contributed by atoms with Crippen molar-refractivity contribution >= 4 is 50.9 Å². The van der Waals surface area contributed by atoms with Crippen molar-refractivity contribution in [2.75, 3.05) is 18.0 Å². The molecule has 1 saturated carbocycles. The number of likely N-dealkylation sites (N-methyl/N-ethyl adjacent to an activating group) is 1. The fourth-order valence-electron chi connectivity index (χ4n) is 5.21. The monoisotopic (exact) mass is 552 g/mol. The van der Waals surface area contributed by atoms with E-state index >= 15 is 0 Å². The Balaban J connectivity index is 1.38. The zero-order chi connectivity index (χ0) is 27.9. The normalized spacial score (nSPS) is 17.1. The number of aliphatic carboxylic acids is 1. The van der Waals surface area contributed by atoms with E-state index in [4.69, 9.17) is 5.11 Å². The highest BCUT2D eigenvalue weighted by Crippen LogP contribution is 2.28. The van der Waals surface area contributed by atoms with Gasteiger partial charge in [0.25, 0.3) is 5.91 Å². The highest BCUT2D eigenvalue weighted by molar-refractivity contribution is 7.17. The Labute approximate surface area is 232 Å². The number of benzene rings is 1. The van der Waals surface area contributed by atoms with Gasteiger partial charge in [-0.2, -0.15) is 0 Å². The summed E-state index contributed by atoms with van der Waals surface area (Å²) in [5, 5.41) is 16.6.